The van der Waals surface area contributed by atoms with E-state index in [9.17, 15) is 22.7 Å². The van der Waals surface area contributed by atoms with Gasteiger partial charge in [-0.2, -0.15) is 8.78 Å². The van der Waals surface area contributed by atoms with E-state index in [1.807, 2.05) is 0 Å². The van der Waals surface area contributed by atoms with E-state index >= 15 is 0 Å². The Balaban J connectivity index is 2.11. The van der Waals surface area contributed by atoms with Gasteiger partial charge >= 0.3 is 5.92 Å². The maximum Gasteiger partial charge on any atom is 0.312 e. The van der Waals surface area contributed by atoms with Crippen molar-refractivity contribution in [2.24, 2.45) is 0 Å². The molecule has 1 aromatic heterocycles. The molecule has 1 N–H and O–H groups in total. The molecule has 23 heavy (non-hydrogen) atoms. The molecule has 0 saturated heterocycles. The topological polar surface area (TPSA) is 42.4 Å². The number of aromatic nitrogens is 1. The molecule has 0 amide bonds. The summed E-state index contributed by atoms with van der Waals surface area (Å²) in [6.45, 7) is 0. The van der Waals surface area contributed by atoms with Gasteiger partial charge in [0.25, 0.3) is 0 Å². The average Bonchev–Trinajstić information content (AvgIpc) is 2.69. The van der Waals surface area contributed by atoms with Crippen molar-refractivity contribution in [3.05, 3.63) is 47.5 Å². The number of thioether (sulfide) groups is 1. The molecule has 1 aromatic carbocycles. The van der Waals surface area contributed by atoms with Crippen LogP contribution in [0.15, 0.2) is 35.5 Å². The minimum Gasteiger partial charge on any atom is -0.455 e. The van der Waals surface area contributed by atoms with Gasteiger partial charge in [0.15, 0.2) is 6.17 Å². The predicted molar refractivity (Wildman–Crippen MR) is 76.2 cm³/mol. The normalized spacial score (nSPS) is 22.0. The Morgan fingerprint density at radius 2 is 2.00 bits per heavy atom. The fraction of sp³-hybridized carbons (Fsp3) is 0.267. The first-order valence-corrected chi connectivity index (χ1v) is 7.78. The molecule has 0 aliphatic heterocycles. The number of nitrogens with zero attached hydrogens (tertiary/aromatic N) is 1. The quantitative estimate of drug-likeness (QED) is 0.660. The van der Waals surface area contributed by atoms with Gasteiger partial charge in [0.05, 0.1) is 12.4 Å². The highest BCUT2D eigenvalue weighted by Crippen LogP contribution is 2.57. The van der Waals surface area contributed by atoms with Gasteiger partial charge in [-0.3, -0.25) is 4.98 Å². The van der Waals surface area contributed by atoms with Crippen molar-refractivity contribution in [1.82, 2.24) is 4.98 Å². The molecule has 1 aliphatic carbocycles. The zero-order valence-electron chi connectivity index (χ0n) is 11.8. The van der Waals surface area contributed by atoms with Gasteiger partial charge in [-0.1, -0.05) is 0 Å². The lowest BCUT2D eigenvalue weighted by Crippen LogP contribution is -2.24. The van der Waals surface area contributed by atoms with Crippen LogP contribution in [-0.4, -0.2) is 22.3 Å². The molecule has 0 fully saturated rings. The molecule has 3 nitrogen and oxygen atoms in total. The number of halogens is 4. The van der Waals surface area contributed by atoms with Crippen molar-refractivity contribution in [3.63, 3.8) is 0 Å². The smallest absolute Gasteiger partial charge is 0.312 e. The number of ether oxygens (including phenoxy) is 1. The maximum atomic E-state index is 14.2. The second kappa shape index (κ2) is 5.68. The number of rotatable bonds is 3. The number of aliphatic hydroxyl groups excluding tert-OH is 1. The summed E-state index contributed by atoms with van der Waals surface area (Å²) >= 11 is 1.11. The van der Waals surface area contributed by atoms with Crippen molar-refractivity contribution in [1.29, 1.82) is 0 Å². The highest BCUT2D eigenvalue weighted by atomic mass is 32.2. The van der Waals surface area contributed by atoms with Crippen LogP contribution >= 0.6 is 11.8 Å². The van der Waals surface area contributed by atoms with Crippen LogP contribution in [0.5, 0.6) is 11.5 Å². The predicted octanol–water partition coefficient (Wildman–Crippen LogP) is 4.43. The van der Waals surface area contributed by atoms with Crippen molar-refractivity contribution in [3.8, 4) is 11.5 Å². The van der Waals surface area contributed by atoms with Gasteiger partial charge in [-0.05, 0) is 18.4 Å². The number of fused-ring (bicyclic) bond motifs is 1. The van der Waals surface area contributed by atoms with E-state index in [0.717, 1.165) is 24.0 Å². The number of benzene rings is 1. The minimum absolute atomic E-state index is 0.0546. The first-order chi connectivity index (χ1) is 10.9. The highest BCUT2D eigenvalue weighted by molar-refractivity contribution is 7.98. The number of alkyl halides is 3. The molecule has 0 spiro atoms. The van der Waals surface area contributed by atoms with E-state index in [0.29, 0.717) is 4.90 Å². The fourth-order valence-electron chi connectivity index (χ4n) is 2.51. The standard InChI is InChI=1S/C15H11F4NO2S/c1-23-10-3-2-9(22-8-4-7(16)5-20-6-8)11-12(10)14(21)15(18,19)13(11)17/h2-6,13-14,21H,1H3/t13-,14?/m0/s1. The summed E-state index contributed by atoms with van der Waals surface area (Å²) in [4.78, 5) is 3.91. The van der Waals surface area contributed by atoms with Crippen LogP contribution < -0.4 is 4.74 Å². The molecule has 0 radical (unpaired) electrons. The van der Waals surface area contributed by atoms with Gasteiger partial charge < -0.3 is 9.84 Å². The summed E-state index contributed by atoms with van der Waals surface area (Å²) in [5, 5.41) is 9.79. The molecule has 1 heterocycles. The van der Waals surface area contributed by atoms with Crippen molar-refractivity contribution in [2.75, 3.05) is 6.26 Å². The zero-order valence-corrected chi connectivity index (χ0v) is 12.6. The number of pyridine rings is 1. The van der Waals surface area contributed by atoms with Crippen molar-refractivity contribution in [2.45, 2.75) is 23.1 Å². The highest BCUT2D eigenvalue weighted by Gasteiger charge is 2.58. The summed E-state index contributed by atoms with van der Waals surface area (Å²) in [7, 11) is 0. The van der Waals surface area contributed by atoms with E-state index in [4.69, 9.17) is 4.74 Å². The summed E-state index contributed by atoms with van der Waals surface area (Å²) < 4.78 is 60.4. The van der Waals surface area contributed by atoms with Crippen LogP contribution in [0.4, 0.5) is 17.6 Å². The molecular formula is C15H11F4NO2S. The van der Waals surface area contributed by atoms with Crippen molar-refractivity contribution >= 4 is 11.8 Å². The van der Waals surface area contributed by atoms with Gasteiger partial charge in [-0.15, -0.1) is 11.8 Å². The molecule has 0 saturated carbocycles. The molecule has 8 heteroatoms. The third-order valence-electron chi connectivity index (χ3n) is 3.56. The van der Waals surface area contributed by atoms with Gasteiger partial charge in [0, 0.05) is 22.1 Å². The van der Waals surface area contributed by atoms with Crippen LogP contribution in [0.25, 0.3) is 0 Å². The molecule has 2 aromatic rings. The van der Waals surface area contributed by atoms with Crippen molar-refractivity contribution < 1.29 is 27.4 Å². The Hall–Kier alpha value is -1.80. The second-order valence-electron chi connectivity index (χ2n) is 4.97. The Morgan fingerprint density at radius 3 is 2.65 bits per heavy atom. The molecular weight excluding hydrogens is 334 g/mol. The summed E-state index contributed by atoms with van der Waals surface area (Å²) in [5.41, 5.74) is -0.615. The number of hydrogen-bond donors (Lipinski definition) is 1. The lowest BCUT2D eigenvalue weighted by Gasteiger charge is -2.16. The van der Waals surface area contributed by atoms with E-state index < -0.39 is 29.6 Å². The van der Waals surface area contributed by atoms with Gasteiger partial charge in [0.2, 0.25) is 0 Å². The van der Waals surface area contributed by atoms with Crippen LogP contribution in [0.2, 0.25) is 0 Å². The van der Waals surface area contributed by atoms with E-state index in [2.05, 4.69) is 4.98 Å². The number of aliphatic hydroxyl groups is 1. The van der Waals surface area contributed by atoms with Crippen LogP contribution in [-0.2, 0) is 0 Å². The zero-order chi connectivity index (χ0) is 16.8. The Bertz CT molecular complexity index is 756. The monoisotopic (exact) mass is 345 g/mol. The fourth-order valence-corrected chi connectivity index (χ4v) is 3.15. The molecule has 3 rings (SSSR count). The summed E-state index contributed by atoms with van der Waals surface area (Å²) in [5.74, 6) is -4.89. The summed E-state index contributed by atoms with van der Waals surface area (Å²) in [6, 6.07) is 3.76. The molecule has 1 aliphatic rings. The van der Waals surface area contributed by atoms with E-state index in [1.54, 1.807) is 6.26 Å². The largest absolute Gasteiger partial charge is 0.455 e. The molecule has 2 atom stereocenters. The lowest BCUT2D eigenvalue weighted by molar-refractivity contribution is -0.143. The Kier molecular flexibility index (Phi) is 3.97. The summed E-state index contributed by atoms with van der Waals surface area (Å²) in [6.07, 6.45) is -1.22. The van der Waals surface area contributed by atoms with Crippen LogP contribution in [0, 0.1) is 5.82 Å². The number of hydrogen-bond acceptors (Lipinski definition) is 4. The third kappa shape index (κ3) is 2.55. The minimum atomic E-state index is -3.95. The van der Waals surface area contributed by atoms with Gasteiger partial charge in [0.1, 0.15) is 23.4 Å². The Morgan fingerprint density at radius 1 is 1.26 bits per heavy atom. The van der Waals surface area contributed by atoms with Crippen LogP contribution in [0.3, 0.4) is 0 Å². The third-order valence-corrected chi connectivity index (χ3v) is 4.36. The molecule has 0 bridgehead atoms. The lowest BCUT2D eigenvalue weighted by atomic mass is 10.1. The Labute approximate surface area is 133 Å². The maximum absolute atomic E-state index is 14.2. The van der Waals surface area contributed by atoms with Crippen LogP contribution in [0.1, 0.15) is 23.4 Å². The van der Waals surface area contributed by atoms with E-state index in [1.165, 1.54) is 18.3 Å². The first-order valence-electron chi connectivity index (χ1n) is 6.55. The van der Waals surface area contributed by atoms with E-state index in [-0.39, 0.29) is 17.1 Å². The molecule has 122 valence electrons. The average molecular weight is 345 g/mol. The first kappa shape index (κ1) is 16.1. The second-order valence-corrected chi connectivity index (χ2v) is 5.82. The SMILES string of the molecule is CSc1ccc(Oc2cncc(F)c2)c2c1C(O)C(F)(F)[C@H]2F. The molecule has 1 unspecified atom stereocenters. The van der Waals surface area contributed by atoms with Gasteiger partial charge in [-0.25, -0.2) is 8.78 Å².